The third-order valence-electron chi connectivity index (χ3n) is 1.75. The van der Waals surface area contributed by atoms with E-state index in [1.54, 1.807) is 6.92 Å². The van der Waals surface area contributed by atoms with Gasteiger partial charge in [0.1, 0.15) is 4.60 Å². The van der Waals surface area contributed by atoms with E-state index in [0.717, 1.165) is 0 Å². The summed E-state index contributed by atoms with van der Waals surface area (Å²) in [5.41, 5.74) is 0.418. The van der Waals surface area contributed by atoms with E-state index in [4.69, 9.17) is 5.11 Å². The first-order chi connectivity index (χ1) is 6.07. The van der Waals surface area contributed by atoms with E-state index in [1.807, 2.05) is 0 Å². The van der Waals surface area contributed by atoms with Gasteiger partial charge in [-0.3, -0.25) is 0 Å². The number of alkyl halides is 2. The Kier molecular flexibility index (Phi) is 3.33. The zero-order chi connectivity index (χ0) is 10.0. The molecule has 5 heteroatoms. The van der Waals surface area contributed by atoms with Crippen molar-refractivity contribution in [2.24, 2.45) is 0 Å². The molecule has 13 heavy (non-hydrogen) atoms. The lowest BCUT2D eigenvalue weighted by Gasteiger charge is -2.10. The average Bonchev–Trinajstić information content (AvgIpc) is 2.07. The zero-order valence-electron chi connectivity index (χ0n) is 6.89. The topological polar surface area (TPSA) is 33.1 Å². The number of hydrogen-bond donors (Lipinski definition) is 1. The second-order valence-electron chi connectivity index (χ2n) is 2.58. The highest BCUT2D eigenvalue weighted by Crippen LogP contribution is 2.29. The third-order valence-corrected chi connectivity index (χ3v) is 2.43. The van der Waals surface area contributed by atoms with Crippen molar-refractivity contribution in [2.45, 2.75) is 20.0 Å². The van der Waals surface area contributed by atoms with Crippen molar-refractivity contribution in [1.82, 2.24) is 4.98 Å². The summed E-state index contributed by atoms with van der Waals surface area (Å²) in [5.74, 6) is 0. The van der Waals surface area contributed by atoms with Crippen LogP contribution in [0.4, 0.5) is 8.78 Å². The smallest absolute Gasteiger partial charge is 0.264 e. The van der Waals surface area contributed by atoms with Crippen molar-refractivity contribution in [3.8, 4) is 0 Å². The van der Waals surface area contributed by atoms with Crippen molar-refractivity contribution in [1.29, 1.82) is 0 Å². The predicted octanol–water partition coefficient (Wildman–Crippen LogP) is 2.58. The SMILES string of the molecule is Cc1cnc(Br)c(CO)c1C(F)F. The molecule has 0 bridgehead atoms. The summed E-state index contributed by atoms with van der Waals surface area (Å²) in [4.78, 5) is 3.82. The molecule has 1 aromatic rings. The van der Waals surface area contributed by atoms with Crippen LogP contribution in [0.1, 0.15) is 23.1 Å². The van der Waals surface area contributed by atoms with E-state index in [1.165, 1.54) is 6.20 Å². The van der Waals surface area contributed by atoms with Crippen LogP contribution in [0, 0.1) is 6.92 Å². The largest absolute Gasteiger partial charge is 0.392 e. The van der Waals surface area contributed by atoms with Crippen LogP contribution in [0.3, 0.4) is 0 Å². The minimum absolute atomic E-state index is 0.135. The second kappa shape index (κ2) is 4.11. The molecule has 0 saturated heterocycles. The van der Waals surface area contributed by atoms with E-state index in [-0.39, 0.29) is 15.7 Å². The van der Waals surface area contributed by atoms with E-state index in [0.29, 0.717) is 5.56 Å². The van der Waals surface area contributed by atoms with Crippen LogP contribution < -0.4 is 0 Å². The Labute approximate surface area is 82.7 Å². The summed E-state index contributed by atoms with van der Waals surface area (Å²) < 4.78 is 25.3. The maximum atomic E-state index is 12.5. The molecule has 2 nitrogen and oxygen atoms in total. The number of aromatic nitrogens is 1. The molecule has 0 atom stereocenters. The number of aliphatic hydroxyl groups excluding tert-OH is 1. The minimum Gasteiger partial charge on any atom is -0.392 e. The fraction of sp³-hybridized carbons (Fsp3) is 0.375. The standard InChI is InChI=1S/C8H8BrF2NO/c1-4-2-12-7(9)5(3-13)6(4)8(10)11/h2,8,13H,3H2,1H3. The van der Waals surface area contributed by atoms with Crippen LogP contribution in [0.2, 0.25) is 0 Å². The van der Waals surface area contributed by atoms with Crippen LogP contribution >= 0.6 is 15.9 Å². The van der Waals surface area contributed by atoms with Crippen LogP contribution in [0.15, 0.2) is 10.8 Å². The summed E-state index contributed by atoms with van der Waals surface area (Å²) >= 11 is 3.01. The number of nitrogens with zero attached hydrogens (tertiary/aromatic N) is 1. The molecule has 0 spiro atoms. The van der Waals surface area contributed by atoms with Crippen LogP contribution in [0.5, 0.6) is 0 Å². The van der Waals surface area contributed by atoms with E-state index in [2.05, 4.69) is 20.9 Å². The Balaban J connectivity index is 3.35. The lowest BCUT2D eigenvalue weighted by atomic mass is 10.1. The first-order valence-electron chi connectivity index (χ1n) is 3.60. The highest BCUT2D eigenvalue weighted by atomic mass is 79.9. The fourth-order valence-electron chi connectivity index (χ4n) is 1.10. The zero-order valence-corrected chi connectivity index (χ0v) is 8.48. The summed E-state index contributed by atoms with van der Waals surface area (Å²) in [7, 11) is 0. The maximum absolute atomic E-state index is 12.5. The molecule has 0 aliphatic carbocycles. The number of aryl methyl sites for hydroxylation is 1. The van der Waals surface area contributed by atoms with Gasteiger partial charge < -0.3 is 5.11 Å². The lowest BCUT2D eigenvalue weighted by molar-refractivity contribution is 0.146. The van der Waals surface area contributed by atoms with Crippen molar-refractivity contribution in [2.75, 3.05) is 0 Å². The monoisotopic (exact) mass is 251 g/mol. The van der Waals surface area contributed by atoms with Crippen LogP contribution in [-0.2, 0) is 6.61 Å². The molecule has 0 aliphatic heterocycles. The Morgan fingerprint density at radius 3 is 2.62 bits per heavy atom. The lowest BCUT2D eigenvalue weighted by Crippen LogP contribution is -2.01. The highest BCUT2D eigenvalue weighted by Gasteiger charge is 2.18. The van der Waals surface area contributed by atoms with Crippen molar-refractivity contribution >= 4 is 15.9 Å². The minimum atomic E-state index is -2.58. The molecule has 1 aromatic heterocycles. The molecule has 0 aromatic carbocycles. The Bertz CT molecular complexity index is 317. The molecule has 0 aliphatic rings. The van der Waals surface area contributed by atoms with Crippen molar-refractivity contribution in [3.63, 3.8) is 0 Å². The van der Waals surface area contributed by atoms with Crippen molar-refractivity contribution < 1.29 is 13.9 Å². The van der Waals surface area contributed by atoms with Gasteiger partial charge >= 0.3 is 0 Å². The molecule has 0 saturated carbocycles. The molecule has 1 heterocycles. The van der Waals surface area contributed by atoms with Crippen molar-refractivity contribution in [3.05, 3.63) is 27.5 Å². The van der Waals surface area contributed by atoms with Gasteiger partial charge in [0.25, 0.3) is 6.43 Å². The normalized spacial score (nSPS) is 10.9. The van der Waals surface area contributed by atoms with E-state index < -0.39 is 13.0 Å². The molecular weight excluding hydrogens is 244 g/mol. The molecule has 0 radical (unpaired) electrons. The molecule has 1 rings (SSSR count). The average molecular weight is 252 g/mol. The Morgan fingerprint density at radius 1 is 1.62 bits per heavy atom. The van der Waals surface area contributed by atoms with Gasteiger partial charge in [-0.2, -0.15) is 0 Å². The molecule has 1 N–H and O–H groups in total. The number of hydrogen-bond acceptors (Lipinski definition) is 2. The number of rotatable bonds is 2. The maximum Gasteiger partial charge on any atom is 0.264 e. The number of aliphatic hydroxyl groups is 1. The summed E-state index contributed by atoms with van der Waals surface area (Å²) in [6.07, 6.45) is -1.23. The van der Waals surface area contributed by atoms with Crippen LogP contribution in [-0.4, -0.2) is 10.1 Å². The van der Waals surface area contributed by atoms with Gasteiger partial charge in [0.05, 0.1) is 6.61 Å². The van der Waals surface area contributed by atoms with E-state index >= 15 is 0 Å². The quantitative estimate of drug-likeness (QED) is 0.820. The predicted molar refractivity (Wildman–Crippen MR) is 47.6 cm³/mol. The summed E-state index contributed by atoms with van der Waals surface area (Å²) in [6, 6.07) is 0. The van der Waals surface area contributed by atoms with Gasteiger partial charge in [0, 0.05) is 17.3 Å². The molecule has 0 unspecified atom stereocenters. The number of pyridine rings is 1. The summed E-state index contributed by atoms with van der Waals surface area (Å²) in [5, 5.41) is 8.87. The van der Waals surface area contributed by atoms with Crippen LogP contribution in [0.25, 0.3) is 0 Å². The first-order valence-corrected chi connectivity index (χ1v) is 4.40. The third kappa shape index (κ3) is 2.03. The fourth-order valence-corrected chi connectivity index (χ4v) is 1.55. The van der Waals surface area contributed by atoms with Gasteiger partial charge in [-0.25, -0.2) is 13.8 Å². The highest BCUT2D eigenvalue weighted by molar-refractivity contribution is 9.10. The molecule has 0 fully saturated rings. The van der Waals surface area contributed by atoms with Gasteiger partial charge in [0.15, 0.2) is 0 Å². The Hall–Kier alpha value is -0.550. The van der Waals surface area contributed by atoms with Gasteiger partial charge in [-0.05, 0) is 28.4 Å². The molecular formula is C8H8BrF2NO. The molecule has 0 amide bonds. The van der Waals surface area contributed by atoms with Gasteiger partial charge in [0.2, 0.25) is 0 Å². The Morgan fingerprint density at radius 2 is 2.23 bits per heavy atom. The number of halogens is 3. The van der Waals surface area contributed by atoms with Gasteiger partial charge in [-0.15, -0.1) is 0 Å². The summed E-state index contributed by atoms with van der Waals surface area (Å²) in [6.45, 7) is 1.11. The second-order valence-corrected chi connectivity index (χ2v) is 3.33. The van der Waals surface area contributed by atoms with Gasteiger partial charge in [-0.1, -0.05) is 0 Å². The van der Waals surface area contributed by atoms with E-state index in [9.17, 15) is 8.78 Å². The molecule has 72 valence electrons. The first kappa shape index (κ1) is 10.5.